The van der Waals surface area contributed by atoms with Crippen LogP contribution in [0.3, 0.4) is 0 Å². The molecule has 1 fully saturated rings. The third kappa shape index (κ3) is 5.26. The number of rotatable bonds is 6. The van der Waals surface area contributed by atoms with Gasteiger partial charge in [0.1, 0.15) is 11.6 Å². The zero-order valence-electron chi connectivity index (χ0n) is 19.3. The van der Waals surface area contributed by atoms with E-state index in [0.29, 0.717) is 18.0 Å². The number of nitrogens with two attached hydrogens (primary N) is 2. The lowest BCUT2D eigenvalue weighted by Gasteiger charge is -2.33. The van der Waals surface area contributed by atoms with Crippen molar-refractivity contribution in [3.63, 3.8) is 0 Å². The molecule has 3 aromatic rings. The Bertz CT molecular complexity index is 1190. The fraction of sp³-hybridized carbons (Fsp3) is 0.320. The minimum Gasteiger partial charge on any atom is -0.491 e. The molecule has 1 saturated heterocycles. The fourth-order valence-electron chi connectivity index (χ4n) is 4.02. The van der Waals surface area contributed by atoms with Crippen LogP contribution in [0.5, 0.6) is 5.75 Å². The molecule has 1 aromatic carbocycles. The first kappa shape index (κ1) is 23.4. The number of aromatic nitrogens is 2. The zero-order chi connectivity index (χ0) is 24.2. The predicted octanol–water partition coefficient (Wildman–Crippen LogP) is 3.83. The number of hydrogen-bond acceptors (Lipinski definition) is 7. The van der Waals surface area contributed by atoms with E-state index in [2.05, 4.69) is 20.2 Å². The van der Waals surface area contributed by atoms with E-state index in [-0.39, 0.29) is 34.8 Å². The summed E-state index contributed by atoms with van der Waals surface area (Å²) in [5, 5.41) is 2.87. The van der Waals surface area contributed by atoms with Crippen LogP contribution >= 0.6 is 0 Å². The molecule has 2 aromatic heterocycles. The van der Waals surface area contributed by atoms with Crippen LogP contribution in [0.1, 0.15) is 37.2 Å². The van der Waals surface area contributed by atoms with Crippen molar-refractivity contribution in [1.29, 1.82) is 0 Å². The van der Waals surface area contributed by atoms with Crippen LogP contribution in [0.15, 0.2) is 48.8 Å². The summed E-state index contributed by atoms with van der Waals surface area (Å²) in [6.45, 7) is 5.30. The number of piperidine rings is 1. The van der Waals surface area contributed by atoms with Crippen molar-refractivity contribution in [2.75, 3.05) is 29.0 Å². The van der Waals surface area contributed by atoms with Gasteiger partial charge >= 0.3 is 0 Å². The van der Waals surface area contributed by atoms with Crippen molar-refractivity contribution in [2.24, 2.45) is 5.73 Å². The molecular weight excluding hydrogens is 435 g/mol. The van der Waals surface area contributed by atoms with E-state index in [9.17, 15) is 9.18 Å². The first-order valence-corrected chi connectivity index (χ1v) is 11.3. The second-order valence-electron chi connectivity index (χ2n) is 8.64. The van der Waals surface area contributed by atoms with Gasteiger partial charge in [0.2, 0.25) is 0 Å². The molecule has 0 spiro atoms. The lowest BCUT2D eigenvalue weighted by molar-refractivity contribution is 0.102. The Kier molecular flexibility index (Phi) is 6.93. The van der Waals surface area contributed by atoms with Gasteiger partial charge in [-0.3, -0.25) is 9.78 Å². The highest BCUT2D eigenvalue weighted by Gasteiger charge is 2.22. The Morgan fingerprint density at radius 2 is 2.09 bits per heavy atom. The summed E-state index contributed by atoms with van der Waals surface area (Å²) in [7, 11) is 0. The second kappa shape index (κ2) is 10.0. The smallest absolute Gasteiger partial charge is 0.276 e. The second-order valence-corrected chi connectivity index (χ2v) is 8.64. The quantitative estimate of drug-likeness (QED) is 0.507. The molecule has 1 unspecified atom stereocenters. The largest absolute Gasteiger partial charge is 0.491 e. The molecule has 178 valence electrons. The van der Waals surface area contributed by atoms with E-state index in [0.717, 1.165) is 25.1 Å². The normalized spacial score (nSPS) is 15.9. The molecular formula is C25H29FN6O2. The number of carbonyl (C=O) groups is 1. The highest BCUT2D eigenvalue weighted by Crippen LogP contribution is 2.30. The Balaban J connectivity index is 1.62. The van der Waals surface area contributed by atoms with Crippen molar-refractivity contribution in [3.8, 4) is 17.0 Å². The number of halogens is 1. The molecule has 1 aliphatic rings. The molecule has 0 aliphatic carbocycles. The number of anilines is 3. The summed E-state index contributed by atoms with van der Waals surface area (Å²) < 4.78 is 20.3. The summed E-state index contributed by atoms with van der Waals surface area (Å²) in [5.74, 6) is -0.476. The summed E-state index contributed by atoms with van der Waals surface area (Å²) in [4.78, 5) is 23.8. The van der Waals surface area contributed by atoms with Gasteiger partial charge in [0.05, 0.1) is 35.1 Å². The Labute approximate surface area is 198 Å². The number of ether oxygens (including phenoxy) is 1. The van der Waals surface area contributed by atoms with E-state index in [1.165, 1.54) is 6.07 Å². The highest BCUT2D eigenvalue weighted by atomic mass is 19.1. The van der Waals surface area contributed by atoms with Crippen molar-refractivity contribution in [1.82, 2.24) is 9.97 Å². The number of nitrogens with zero attached hydrogens (tertiary/aromatic N) is 3. The van der Waals surface area contributed by atoms with Crippen LogP contribution in [0, 0.1) is 5.82 Å². The SMILES string of the molecule is CC(C)Oc1ccc(F)c(-c2ccc(N)c(C(=O)Nc3cnccc3N3CCCC(N)C3)n2)c1. The van der Waals surface area contributed by atoms with Crippen molar-refractivity contribution in [2.45, 2.75) is 38.8 Å². The molecule has 0 saturated carbocycles. The third-order valence-electron chi connectivity index (χ3n) is 5.57. The Hall–Kier alpha value is -3.72. The number of hydrogen-bond donors (Lipinski definition) is 3. The lowest BCUT2D eigenvalue weighted by atomic mass is 10.1. The van der Waals surface area contributed by atoms with Gasteiger partial charge in [0.25, 0.3) is 5.91 Å². The van der Waals surface area contributed by atoms with Gasteiger partial charge in [-0.2, -0.15) is 0 Å². The topological polar surface area (TPSA) is 119 Å². The maximum Gasteiger partial charge on any atom is 0.276 e. The molecule has 5 N–H and O–H groups in total. The van der Waals surface area contributed by atoms with Gasteiger partial charge in [-0.15, -0.1) is 0 Å². The predicted molar refractivity (Wildman–Crippen MR) is 131 cm³/mol. The maximum atomic E-state index is 14.6. The molecule has 1 aliphatic heterocycles. The van der Waals surface area contributed by atoms with E-state index in [4.69, 9.17) is 16.2 Å². The van der Waals surface area contributed by atoms with Crippen molar-refractivity contribution in [3.05, 3.63) is 60.3 Å². The van der Waals surface area contributed by atoms with E-state index in [1.807, 2.05) is 19.9 Å². The molecule has 0 bridgehead atoms. The fourth-order valence-corrected chi connectivity index (χ4v) is 4.02. The van der Waals surface area contributed by atoms with Gasteiger partial charge < -0.3 is 26.4 Å². The van der Waals surface area contributed by atoms with Crippen LogP contribution in [-0.2, 0) is 0 Å². The van der Waals surface area contributed by atoms with Crippen LogP contribution in [0.2, 0.25) is 0 Å². The van der Waals surface area contributed by atoms with Crippen molar-refractivity contribution >= 4 is 23.0 Å². The van der Waals surface area contributed by atoms with Gasteiger partial charge in [-0.05, 0) is 63.1 Å². The maximum absolute atomic E-state index is 14.6. The number of benzene rings is 1. The van der Waals surface area contributed by atoms with Gasteiger partial charge in [0, 0.05) is 30.9 Å². The molecule has 8 nitrogen and oxygen atoms in total. The molecule has 3 heterocycles. The summed E-state index contributed by atoms with van der Waals surface area (Å²) in [5.41, 5.74) is 14.2. The molecule has 1 atom stereocenters. The van der Waals surface area contributed by atoms with Crippen LogP contribution < -0.4 is 26.4 Å². The molecule has 34 heavy (non-hydrogen) atoms. The van der Waals surface area contributed by atoms with E-state index < -0.39 is 11.7 Å². The van der Waals surface area contributed by atoms with Crippen molar-refractivity contribution < 1.29 is 13.9 Å². The first-order valence-electron chi connectivity index (χ1n) is 11.3. The minimum absolute atomic E-state index is 0.00257. The zero-order valence-corrected chi connectivity index (χ0v) is 19.3. The number of carbonyl (C=O) groups excluding carboxylic acids is 1. The highest BCUT2D eigenvalue weighted by molar-refractivity contribution is 6.07. The standard InChI is InChI=1S/C25H29FN6O2/c1-15(2)34-17-5-6-19(26)18(12-17)21-8-7-20(28)24(30-21)25(33)31-22-13-29-10-9-23(22)32-11-3-4-16(27)14-32/h5-10,12-13,15-16H,3-4,11,14,27-28H2,1-2H3,(H,31,33). The molecule has 9 heteroatoms. The van der Waals surface area contributed by atoms with Gasteiger partial charge in [-0.1, -0.05) is 0 Å². The Morgan fingerprint density at radius 3 is 2.85 bits per heavy atom. The molecule has 4 rings (SSSR count). The summed E-state index contributed by atoms with van der Waals surface area (Å²) >= 11 is 0. The van der Waals surface area contributed by atoms with Gasteiger partial charge in [0.15, 0.2) is 5.69 Å². The number of nitrogens with one attached hydrogen (secondary N) is 1. The lowest BCUT2D eigenvalue weighted by Crippen LogP contribution is -2.43. The average molecular weight is 465 g/mol. The number of amides is 1. The number of pyridine rings is 2. The minimum atomic E-state index is -0.509. The Morgan fingerprint density at radius 1 is 1.26 bits per heavy atom. The monoisotopic (exact) mass is 464 g/mol. The average Bonchev–Trinajstić information content (AvgIpc) is 2.81. The van der Waals surface area contributed by atoms with Crippen LogP contribution in [-0.4, -0.2) is 41.1 Å². The van der Waals surface area contributed by atoms with E-state index >= 15 is 0 Å². The molecule has 1 amide bonds. The van der Waals surface area contributed by atoms with Crippen LogP contribution in [0.25, 0.3) is 11.3 Å². The first-order chi connectivity index (χ1) is 16.3. The molecule has 0 radical (unpaired) electrons. The van der Waals surface area contributed by atoms with Gasteiger partial charge in [-0.25, -0.2) is 9.37 Å². The van der Waals surface area contributed by atoms with E-state index in [1.54, 1.807) is 36.7 Å². The van der Waals surface area contributed by atoms with Crippen LogP contribution in [0.4, 0.5) is 21.5 Å². The summed E-state index contributed by atoms with van der Waals surface area (Å²) in [6.07, 6.45) is 5.13. The third-order valence-corrected chi connectivity index (χ3v) is 5.57. The number of nitrogen functional groups attached to an aromatic ring is 1. The summed E-state index contributed by atoms with van der Waals surface area (Å²) in [6, 6.07) is 9.47.